The molecule has 0 unspecified atom stereocenters. The van der Waals surface area contributed by atoms with Gasteiger partial charge in [-0.25, -0.2) is 0 Å². The summed E-state index contributed by atoms with van der Waals surface area (Å²) in [5.41, 5.74) is 6.64. The number of nitrogens with two attached hydrogens (primary N) is 1. The SMILES string of the molecule is COc1ccc(C(=O)C2CCN(C(=O)[C@@H](N)C(C)C)CC2)cc1. The average molecular weight is 318 g/mol. The number of ketones is 1. The molecule has 1 fully saturated rings. The van der Waals surface area contributed by atoms with Gasteiger partial charge in [-0.1, -0.05) is 13.8 Å². The monoisotopic (exact) mass is 318 g/mol. The summed E-state index contributed by atoms with van der Waals surface area (Å²) in [6.07, 6.45) is 1.39. The first-order chi connectivity index (χ1) is 10.9. The number of ether oxygens (including phenoxy) is 1. The van der Waals surface area contributed by atoms with Gasteiger partial charge in [-0.05, 0) is 43.0 Å². The normalized spacial score (nSPS) is 17.2. The van der Waals surface area contributed by atoms with Gasteiger partial charge in [0, 0.05) is 24.6 Å². The van der Waals surface area contributed by atoms with E-state index in [0.717, 1.165) is 5.75 Å². The lowest BCUT2D eigenvalue weighted by atomic mass is 9.88. The second kappa shape index (κ2) is 7.59. The van der Waals surface area contributed by atoms with Crippen LogP contribution in [0.3, 0.4) is 0 Å². The number of methoxy groups -OCH3 is 1. The van der Waals surface area contributed by atoms with Crippen LogP contribution in [-0.4, -0.2) is 42.8 Å². The zero-order chi connectivity index (χ0) is 17.0. The van der Waals surface area contributed by atoms with E-state index in [-0.39, 0.29) is 23.5 Å². The van der Waals surface area contributed by atoms with E-state index in [1.165, 1.54) is 0 Å². The maximum absolute atomic E-state index is 12.5. The van der Waals surface area contributed by atoms with E-state index in [4.69, 9.17) is 10.5 Å². The van der Waals surface area contributed by atoms with Gasteiger partial charge >= 0.3 is 0 Å². The van der Waals surface area contributed by atoms with Gasteiger partial charge in [0.15, 0.2) is 5.78 Å². The number of rotatable bonds is 5. The number of hydrogen-bond acceptors (Lipinski definition) is 4. The third kappa shape index (κ3) is 4.10. The third-order valence-corrected chi connectivity index (χ3v) is 4.56. The second-order valence-electron chi connectivity index (χ2n) is 6.46. The molecular weight excluding hydrogens is 292 g/mol. The standard InChI is InChI=1S/C18H26N2O3/c1-12(2)16(19)18(22)20-10-8-14(9-11-20)17(21)13-4-6-15(23-3)7-5-13/h4-7,12,14,16H,8-11,19H2,1-3H3/t16-/m0/s1. The summed E-state index contributed by atoms with van der Waals surface area (Å²) in [6, 6.07) is 6.74. The van der Waals surface area contributed by atoms with Crippen LogP contribution in [0.15, 0.2) is 24.3 Å². The van der Waals surface area contributed by atoms with Crippen LogP contribution < -0.4 is 10.5 Å². The van der Waals surface area contributed by atoms with E-state index in [9.17, 15) is 9.59 Å². The van der Waals surface area contributed by atoms with Gasteiger partial charge in [0.2, 0.25) is 5.91 Å². The summed E-state index contributed by atoms with van der Waals surface area (Å²) in [6.45, 7) is 5.10. The Bertz CT molecular complexity index is 546. The van der Waals surface area contributed by atoms with Gasteiger partial charge in [-0.3, -0.25) is 9.59 Å². The highest BCUT2D eigenvalue weighted by atomic mass is 16.5. The van der Waals surface area contributed by atoms with Crippen LogP contribution in [0.1, 0.15) is 37.0 Å². The number of carbonyl (C=O) groups excluding carboxylic acids is 2. The molecule has 1 amide bonds. The fourth-order valence-electron chi connectivity index (χ4n) is 2.85. The van der Waals surface area contributed by atoms with Gasteiger partial charge in [-0.2, -0.15) is 0 Å². The Labute approximate surface area is 137 Å². The van der Waals surface area contributed by atoms with Gasteiger partial charge in [-0.15, -0.1) is 0 Å². The van der Waals surface area contributed by atoms with Crippen molar-refractivity contribution in [3.63, 3.8) is 0 Å². The zero-order valence-corrected chi connectivity index (χ0v) is 14.1. The van der Waals surface area contributed by atoms with Crippen molar-refractivity contribution in [2.45, 2.75) is 32.7 Å². The van der Waals surface area contributed by atoms with Crippen LogP contribution in [0, 0.1) is 11.8 Å². The number of carbonyl (C=O) groups is 2. The van der Waals surface area contributed by atoms with Crippen LogP contribution in [-0.2, 0) is 4.79 Å². The van der Waals surface area contributed by atoms with E-state index >= 15 is 0 Å². The molecule has 1 atom stereocenters. The first-order valence-electron chi connectivity index (χ1n) is 8.16. The van der Waals surface area contributed by atoms with Crippen LogP contribution in [0.4, 0.5) is 0 Å². The molecule has 1 saturated heterocycles. The molecule has 0 aromatic heterocycles. The smallest absolute Gasteiger partial charge is 0.239 e. The summed E-state index contributed by atoms with van der Waals surface area (Å²) in [5, 5.41) is 0. The number of piperidine rings is 1. The van der Waals surface area contributed by atoms with Crippen molar-refractivity contribution in [3.8, 4) is 5.75 Å². The highest BCUT2D eigenvalue weighted by Gasteiger charge is 2.30. The number of hydrogen-bond donors (Lipinski definition) is 1. The first-order valence-corrected chi connectivity index (χ1v) is 8.16. The summed E-state index contributed by atoms with van der Waals surface area (Å²) in [7, 11) is 1.60. The molecule has 1 aromatic carbocycles. The molecule has 1 heterocycles. The van der Waals surface area contributed by atoms with E-state index in [2.05, 4.69) is 0 Å². The number of amides is 1. The Morgan fingerprint density at radius 3 is 2.22 bits per heavy atom. The fourth-order valence-corrected chi connectivity index (χ4v) is 2.85. The summed E-state index contributed by atoms with van der Waals surface area (Å²) in [4.78, 5) is 26.6. The van der Waals surface area contributed by atoms with Crippen molar-refractivity contribution in [2.75, 3.05) is 20.2 Å². The molecule has 2 rings (SSSR count). The van der Waals surface area contributed by atoms with Crippen molar-refractivity contribution in [3.05, 3.63) is 29.8 Å². The third-order valence-electron chi connectivity index (χ3n) is 4.56. The second-order valence-corrected chi connectivity index (χ2v) is 6.46. The average Bonchev–Trinajstić information content (AvgIpc) is 2.60. The minimum atomic E-state index is -0.455. The molecule has 5 nitrogen and oxygen atoms in total. The van der Waals surface area contributed by atoms with E-state index in [1.807, 2.05) is 13.8 Å². The molecule has 0 bridgehead atoms. The van der Waals surface area contributed by atoms with Crippen LogP contribution in [0.2, 0.25) is 0 Å². The van der Waals surface area contributed by atoms with Crippen LogP contribution >= 0.6 is 0 Å². The Morgan fingerprint density at radius 2 is 1.74 bits per heavy atom. The largest absolute Gasteiger partial charge is 0.497 e. The van der Waals surface area contributed by atoms with E-state index in [1.54, 1.807) is 36.3 Å². The summed E-state index contributed by atoms with van der Waals surface area (Å²) >= 11 is 0. The number of Topliss-reactive ketones (excluding diaryl/α,β-unsaturated/α-hetero) is 1. The quantitative estimate of drug-likeness (QED) is 0.844. The molecule has 23 heavy (non-hydrogen) atoms. The predicted octanol–water partition coefficient (Wildman–Crippen LogP) is 2.10. The Hall–Kier alpha value is -1.88. The van der Waals surface area contributed by atoms with Gasteiger partial charge in [0.05, 0.1) is 13.2 Å². The minimum absolute atomic E-state index is 0.00431. The van der Waals surface area contributed by atoms with Crippen molar-refractivity contribution < 1.29 is 14.3 Å². The molecule has 0 spiro atoms. The maximum atomic E-state index is 12.5. The molecule has 1 aliphatic heterocycles. The Morgan fingerprint density at radius 1 is 1.17 bits per heavy atom. The lowest BCUT2D eigenvalue weighted by Gasteiger charge is -2.33. The van der Waals surface area contributed by atoms with Gasteiger partial charge < -0.3 is 15.4 Å². The van der Waals surface area contributed by atoms with Crippen molar-refractivity contribution >= 4 is 11.7 Å². The highest BCUT2D eigenvalue weighted by molar-refractivity contribution is 5.98. The topological polar surface area (TPSA) is 72.6 Å². The molecule has 0 aliphatic carbocycles. The molecule has 126 valence electrons. The summed E-state index contributed by atoms with van der Waals surface area (Å²) < 4.78 is 5.11. The van der Waals surface area contributed by atoms with E-state index in [0.29, 0.717) is 31.5 Å². The van der Waals surface area contributed by atoms with Crippen LogP contribution in [0.5, 0.6) is 5.75 Å². The molecule has 1 aromatic rings. The highest BCUT2D eigenvalue weighted by Crippen LogP contribution is 2.23. The van der Waals surface area contributed by atoms with Gasteiger partial charge in [0.1, 0.15) is 5.75 Å². The Kier molecular flexibility index (Phi) is 5.77. The molecule has 2 N–H and O–H groups in total. The van der Waals surface area contributed by atoms with Gasteiger partial charge in [0.25, 0.3) is 0 Å². The summed E-state index contributed by atoms with van der Waals surface area (Å²) in [5.74, 6) is 0.983. The number of likely N-dealkylation sites (tertiary alicyclic amines) is 1. The van der Waals surface area contributed by atoms with Crippen molar-refractivity contribution in [2.24, 2.45) is 17.6 Å². The lowest BCUT2D eigenvalue weighted by molar-refractivity contribution is -0.134. The maximum Gasteiger partial charge on any atom is 0.239 e. The lowest BCUT2D eigenvalue weighted by Crippen LogP contribution is -2.49. The molecular formula is C18H26N2O3. The molecule has 1 aliphatic rings. The predicted molar refractivity (Wildman–Crippen MR) is 89.4 cm³/mol. The molecule has 0 radical (unpaired) electrons. The zero-order valence-electron chi connectivity index (χ0n) is 14.1. The van der Waals surface area contributed by atoms with Crippen molar-refractivity contribution in [1.82, 2.24) is 4.90 Å². The Balaban J connectivity index is 1.93. The fraction of sp³-hybridized carbons (Fsp3) is 0.556. The number of nitrogens with zero attached hydrogens (tertiary/aromatic N) is 1. The van der Waals surface area contributed by atoms with Crippen molar-refractivity contribution in [1.29, 1.82) is 0 Å². The van der Waals surface area contributed by atoms with E-state index < -0.39 is 6.04 Å². The minimum Gasteiger partial charge on any atom is -0.497 e. The molecule has 5 heteroatoms. The first kappa shape index (κ1) is 17.5. The number of benzene rings is 1. The molecule has 0 saturated carbocycles. The van der Waals surface area contributed by atoms with Crippen LogP contribution in [0.25, 0.3) is 0 Å².